The van der Waals surface area contributed by atoms with Gasteiger partial charge in [0.05, 0.1) is 0 Å². The zero-order chi connectivity index (χ0) is 15.9. The molecule has 5 nitrogen and oxygen atoms in total. The Morgan fingerprint density at radius 2 is 1.86 bits per heavy atom. The van der Waals surface area contributed by atoms with Gasteiger partial charge in [0.15, 0.2) is 0 Å². The molecular weight excluding hydrogens is 274 g/mol. The van der Waals surface area contributed by atoms with E-state index >= 15 is 0 Å². The fraction of sp³-hybridized carbons (Fsp3) is 0.412. The Labute approximate surface area is 132 Å². The molecule has 0 bridgehead atoms. The first-order valence-electron chi connectivity index (χ1n) is 7.61. The second-order valence-corrected chi connectivity index (χ2v) is 5.74. The van der Waals surface area contributed by atoms with Gasteiger partial charge in [-0.2, -0.15) is 4.98 Å². The first kappa shape index (κ1) is 16.2. The van der Waals surface area contributed by atoms with Crippen molar-refractivity contribution in [3.05, 3.63) is 41.6 Å². The average molecular weight is 299 g/mol. The zero-order valence-corrected chi connectivity index (χ0v) is 13.8. The molecule has 0 saturated carbocycles. The topological polar surface area (TPSA) is 53.1 Å². The highest BCUT2D eigenvalue weighted by atomic mass is 15.1. The molecule has 1 aromatic carbocycles. The highest BCUT2D eigenvalue weighted by Crippen LogP contribution is 2.19. The molecule has 22 heavy (non-hydrogen) atoms. The highest BCUT2D eigenvalue weighted by Gasteiger charge is 2.04. The van der Waals surface area contributed by atoms with E-state index in [9.17, 15) is 0 Å². The fourth-order valence-electron chi connectivity index (χ4n) is 2.16. The SMILES string of the molecule is Cc1cc(Nc2ccccc2C)nc(NCCCN(C)C)n1. The van der Waals surface area contributed by atoms with E-state index in [-0.39, 0.29) is 0 Å². The number of para-hydroxylation sites is 1. The van der Waals surface area contributed by atoms with Crippen LogP contribution in [0.3, 0.4) is 0 Å². The molecule has 0 atom stereocenters. The van der Waals surface area contributed by atoms with Crippen molar-refractivity contribution in [2.45, 2.75) is 20.3 Å². The lowest BCUT2D eigenvalue weighted by molar-refractivity contribution is 0.405. The molecule has 2 N–H and O–H groups in total. The van der Waals surface area contributed by atoms with Gasteiger partial charge in [0, 0.05) is 24.0 Å². The van der Waals surface area contributed by atoms with E-state index in [1.807, 2.05) is 25.1 Å². The van der Waals surface area contributed by atoms with Crippen LogP contribution >= 0.6 is 0 Å². The summed E-state index contributed by atoms with van der Waals surface area (Å²) in [5.41, 5.74) is 3.21. The van der Waals surface area contributed by atoms with Crippen LogP contribution in [0, 0.1) is 13.8 Å². The Bertz CT molecular complexity index is 610. The molecule has 0 amide bonds. The molecule has 5 heteroatoms. The lowest BCUT2D eigenvalue weighted by Crippen LogP contribution is -2.17. The van der Waals surface area contributed by atoms with Crippen LogP contribution in [-0.4, -0.2) is 42.1 Å². The van der Waals surface area contributed by atoms with Crippen LogP contribution < -0.4 is 10.6 Å². The lowest BCUT2D eigenvalue weighted by Gasteiger charge is -2.12. The molecule has 1 heterocycles. The molecule has 0 aliphatic carbocycles. The highest BCUT2D eigenvalue weighted by molar-refractivity contribution is 5.61. The number of benzene rings is 1. The maximum absolute atomic E-state index is 4.54. The second kappa shape index (κ2) is 7.75. The van der Waals surface area contributed by atoms with Gasteiger partial charge >= 0.3 is 0 Å². The molecule has 0 saturated heterocycles. The summed E-state index contributed by atoms with van der Waals surface area (Å²) >= 11 is 0. The van der Waals surface area contributed by atoms with Crippen LogP contribution in [0.2, 0.25) is 0 Å². The Hall–Kier alpha value is -2.14. The van der Waals surface area contributed by atoms with Crippen LogP contribution in [0.5, 0.6) is 0 Å². The van der Waals surface area contributed by atoms with E-state index in [0.717, 1.165) is 36.7 Å². The summed E-state index contributed by atoms with van der Waals surface area (Å²) in [5, 5.41) is 6.66. The average Bonchev–Trinajstić information content (AvgIpc) is 2.45. The predicted molar refractivity (Wildman–Crippen MR) is 92.9 cm³/mol. The van der Waals surface area contributed by atoms with E-state index in [1.54, 1.807) is 0 Å². The Morgan fingerprint density at radius 3 is 2.59 bits per heavy atom. The number of aromatic nitrogens is 2. The first-order valence-corrected chi connectivity index (χ1v) is 7.61. The minimum absolute atomic E-state index is 0.676. The smallest absolute Gasteiger partial charge is 0.224 e. The number of aryl methyl sites for hydroxylation is 2. The Balaban J connectivity index is 2.02. The molecular formula is C17H25N5. The summed E-state index contributed by atoms with van der Waals surface area (Å²) in [6, 6.07) is 10.1. The van der Waals surface area contributed by atoms with Crippen molar-refractivity contribution in [1.82, 2.24) is 14.9 Å². The molecule has 0 radical (unpaired) electrons. The third kappa shape index (κ3) is 5.00. The number of hydrogen-bond donors (Lipinski definition) is 2. The van der Waals surface area contributed by atoms with E-state index < -0.39 is 0 Å². The van der Waals surface area contributed by atoms with E-state index in [1.165, 1.54) is 5.56 Å². The third-order valence-electron chi connectivity index (χ3n) is 3.33. The molecule has 0 spiro atoms. The van der Waals surface area contributed by atoms with Gasteiger partial charge in [0.25, 0.3) is 0 Å². The Kier molecular flexibility index (Phi) is 5.72. The summed E-state index contributed by atoms with van der Waals surface area (Å²) in [6.07, 6.45) is 1.06. The van der Waals surface area contributed by atoms with Gasteiger partial charge < -0.3 is 15.5 Å². The maximum Gasteiger partial charge on any atom is 0.224 e. The first-order chi connectivity index (χ1) is 10.5. The van der Waals surface area contributed by atoms with Crippen LogP contribution in [0.15, 0.2) is 30.3 Å². The van der Waals surface area contributed by atoms with Crippen molar-refractivity contribution in [2.24, 2.45) is 0 Å². The van der Waals surface area contributed by atoms with Crippen molar-refractivity contribution in [3.8, 4) is 0 Å². The normalized spacial score (nSPS) is 10.8. The third-order valence-corrected chi connectivity index (χ3v) is 3.33. The number of hydrogen-bond acceptors (Lipinski definition) is 5. The van der Waals surface area contributed by atoms with Gasteiger partial charge in [0.1, 0.15) is 5.82 Å². The summed E-state index contributed by atoms with van der Waals surface area (Å²) < 4.78 is 0. The van der Waals surface area contributed by atoms with Gasteiger partial charge in [-0.3, -0.25) is 0 Å². The van der Waals surface area contributed by atoms with Gasteiger partial charge in [-0.05, 0) is 52.5 Å². The quantitative estimate of drug-likeness (QED) is 0.769. The van der Waals surface area contributed by atoms with Crippen molar-refractivity contribution < 1.29 is 0 Å². The molecule has 1 aromatic heterocycles. The maximum atomic E-state index is 4.54. The van der Waals surface area contributed by atoms with Gasteiger partial charge in [-0.15, -0.1) is 0 Å². The molecule has 0 aliphatic heterocycles. The van der Waals surface area contributed by atoms with Crippen molar-refractivity contribution in [1.29, 1.82) is 0 Å². The van der Waals surface area contributed by atoms with Crippen molar-refractivity contribution >= 4 is 17.5 Å². The van der Waals surface area contributed by atoms with Gasteiger partial charge in [0.2, 0.25) is 5.95 Å². The fourth-order valence-corrected chi connectivity index (χ4v) is 2.16. The summed E-state index contributed by atoms with van der Waals surface area (Å²) in [4.78, 5) is 11.1. The van der Waals surface area contributed by atoms with Crippen molar-refractivity contribution in [3.63, 3.8) is 0 Å². The van der Waals surface area contributed by atoms with Crippen LogP contribution in [-0.2, 0) is 0 Å². The molecule has 2 rings (SSSR count). The molecule has 0 fully saturated rings. The van der Waals surface area contributed by atoms with Crippen LogP contribution in [0.1, 0.15) is 17.7 Å². The van der Waals surface area contributed by atoms with Crippen molar-refractivity contribution in [2.75, 3.05) is 37.8 Å². The van der Waals surface area contributed by atoms with E-state index in [4.69, 9.17) is 0 Å². The summed E-state index contributed by atoms with van der Waals surface area (Å²) in [5.74, 6) is 1.49. The summed E-state index contributed by atoms with van der Waals surface area (Å²) in [6.45, 7) is 5.98. The second-order valence-electron chi connectivity index (χ2n) is 5.74. The predicted octanol–water partition coefficient (Wildman–Crippen LogP) is 3.20. The minimum atomic E-state index is 0.676. The van der Waals surface area contributed by atoms with Gasteiger partial charge in [-0.1, -0.05) is 18.2 Å². The van der Waals surface area contributed by atoms with Crippen LogP contribution in [0.4, 0.5) is 17.5 Å². The molecule has 118 valence electrons. The molecule has 0 aliphatic rings. The van der Waals surface area contributed by atoms with E-state index in [2.05, 4.69) is 58.7 Å². The van der Waals surface area contributed by atoms with Crippen LogP contribution in [0.25, 0.3) is 0 Å². The Morgan fingerprint density at radius 1 is 1.09 bits per heavy atom. The monoisotopic (exact) mass is 299 g/mol. The number of anilines is 3. The van der Waals surface area contributed by atoms with E-state index in [0.29, 0.717) is 5.95 Å². The molecule has 0 unspecified atom stereocenters. The number of nitrogens with zero attached hydrogens (tertiary/aromatic N) is 3. The zero-order valence-electron chi connectivity index (χ0n) is 13.8. The number of rotatable bonds is 7. The minimum Gasteiger partial charge on any atom is -0.354 e. The summed E-state index contributed by atoms with van der Waals surface area (Å²) in [7, 11) is 4.15. The van der Waals surface area contributed by atoms with Gasteiger partial charge in [-0.25, -0.2) is 4.98 Å². The molecule has 2 aromatic rings. The largest absolute Gasteiger partial charge is 0.354 e. The number of nitrogens with one attached hydrogen (secondary N) is 2. The lowest BCUT2D eigenvalue weighted by atomic mass is 10.2. The standard InChI is InChI=1S/C17H25N5/c1-13-8-5-6-9-15(13)20-16-12-14(2)19-17(21-16)18-10-7-11-22(3)4/h5-6,8-9,12H,7,10-11H2,1-4H3,(H2,18,19,20,21).